The van der Waals surface area contributed by atoms with Crippen molar-refractivity contribution in [2.45, 2.75) is 38.8 Å². The molecule has 2 aromatic carbocycles. The Morgan fingerprint density at radius 2 is 2.15 bits per heavy atom. The maximum atomic E-state index is 6.16. The number of hydrogen-bond donors (Lipinski definition) is 2. The SMILES string of the molecule is C=CCOc1cccc(NC(=S)NC2CC(C)(C)Oc3cc(C)ccc32)c1. The van der Waals surface area contributed by atoms with Gasteiger partial charge in [-0.25, -0.2) is 0 Å². The van der Waals surface area contributed by atoms with Gasteiger partial charge in [0.05, 0.1) is 6.04 Å². The van der Waals surface area contributed by atoms with E-state index in [1.165, 1.54) is 5.56 Å². The van der Waals surface area contributed by atoms with E-state index in [0.717, 1.165) is 29.2 Å². The third-order valence-corrected chi connectivity index (χ3v) is 4.61. The van der Waals surface area contributed by atoms with Crippen LogP contribution in [0.4, 0.5) is 5.69 Å². The fraction of sp³-hybridized carbons (Fsp3) is 0.318. The van der Waals surface area contributed by atoms with Crippen LogP contribution < -0.4 is 20.1 Å². The molecule has 0 amide bonds. The van der Waals surface area contributed by atoms with Gasteiger partial charge in [0.2, 0.25) is 0 Å². The van der Waals surface area contributed by atoms with Crippen molar-refractivity contribution in [3.8, 4) is 11.5 Å². The number of nitrogens with one attached hydrogen (secondary N) is 2. The number of fused-ring (bicyclic) bond motifs is 1. The summed E-state index contributed by atoms with van der Waals surface area (Å²) in [6.45, 7) is 10.4. The Balaban J connectivity index is 1.72. The molecule has 1 atom stereocenters. The van der Waals surface area contributed by atoms with Gasteiger partial charge in [-0.05, 0) is 56.8 Å². The Morgan fingerprint density at radius 1 is 1.33 bits per heavy atom. The van der Waals surface area contributed by atoms with Crippen molar-refractivity contribution in [3.05, 3.63) is 66.2 Å². The minimum atomic E-state index is -0.257. The summed E-state index contributed by atoms with van der Waals surface area (Å²) in [6, 6.07) is 14.1. The molecule has 5 heteroatoms. The highest BCUT2D eigenvalue weighted by atomic mass is 32.1. The Kier molecular flexibility index (Phi) is 5.71. The zero-order valence-electron chi connectivity index (χ0n) is 16.0. The standard InChI is InChI=1S/C22H26N2O2S/c1-5-11-25-17-8-6-7-16(13-17)23-21(27)24-19-14-22(3,4)26-20-12-15(2)9-10-18(19)20/h5-10,12-13,19H,1,11,14H2,2-4H3,(H2,23,24,27). The van der Waals surface area contributed by atoms with E-state index in [4.69, 9.17) is 21.7 Å². The molecule has 0 radical (unpaired) electrons. The normalized spacial score (nSPS) is 17.2. The molecule has 2 aromatic rings. The minimum Gasteiger partial charge on any atom is -0.489 e. The molecular weight excluding hydrogens is 356 g/mol. The number of hydrogen-bond acceptors (Lipinski definition) is 3. The van der Waals surface area contributed by atoms with Crippen molar-refractivity contribution in [2.24, 2.45) is 0 Å². The van der Waals surface area contributed by atoms with Crippen LogP contribution in [0.3, 0.4) is 0 Å². The van der Waals surface area contributed by atoms with Gasteiger partial charge in [-0.1, -0.05) is 30.9 Å². The Morgan fingerprint density at radius 3 is 2.93 bits per heavy atom. The highest BCUT2D eigenvalue weighted by Crippen LogP contribution is 2.39. The number of anilines is 1. The molecule has 1 heterocycles. The lowest BCUT2D eigenvalue weighted by Gasteiger charge is -2.38. The first-order valence-corrected chi connectivity index (χ1v) is 9.48. The molecule has 3 rings (SSSR count). The van der Waals surface area contributed by atoms with Crippen molar-refractivity contribution >= 4 is 23.0 Å². The van der Waals surface area contributed by atoms with E-state index < -0.39 is 0 Å². The van der Waals surface area contributed by atoms with Crippen molar-refractivity contribution in [2.75, 3.05) is 11.9 Å². The van der Waals surface area contributed by atoms with Crippen LogP contribution >= 0.6 is 12.2 Å². The van der Waals surface area contributed by atoms with Crippen molar-refractivity contribution in [1.29, 1.82) is 0 Å². The molecular formula is C22H26N2O2S. The van der Waals surface area contributed by atoms with E-state index in [2.05, 4.69) is 56.2 Å². The lowest BCUT2D eigenvalue weighted by atomic mass is 9.89. The molecule has 0 saturated heterocycles. The van der Waals surface area contributed by atoms with Crippen LogP contribution in [0.5, 0.6) is 11.5 Å². The molecule has 4 nitrogen and oxygen atoms in total. The summed E-state index contributed by atoms with van der Waals surface area (Å²) in [4.78, 5) is 0. The first-order valence-electron chi connectivity index (χ1n) is 9.07. The third-order valence-electron chi connectivity index (χ3n) is 4.39. The topological polar surface area (TPSA) is 42.5 Å². The Bertz CT molecular complexity index is 848. The molecule has 0 aromatic heterocycles. The fourth-order valence-electron chi connectivity index (χ4n) is 3.23. The van der Waals surface area contributed by atoms with E-state index in [1.807, 2.05) is 24.3 Å². The molecule has 1 aliphatic heterocycles. The number of rotatable bonds is 5. The smallest absolute Gasteiger partial charge is 0.171 e. The Labute approximate surface area is 166 Å². The predicted octanol–water partition coefficient (Wildman–Crippen LogP) is 5.15. The van der Waals surface area contributed by atoms with Gasteiger partial charge < -0.3 is 20.1 Å². The number of ether oxygens (including phenoxy) is 2. The fourth-order valence-corrected chi connectivity index (χ4v) is 3.49. The van der Waals surface area contributed by atoms with E-state index >= 15 is 0 Å². The quantitative estimate of drug-likeness (QED) is 0.553. The maximum absolute atomic E-state index is 6.16. The van der Waals surface area contributed by atoms with Gasteiger partial charge in [0, 0.05) is 23.7 Å². The van der Waals surface area contributed by atoms with Gasteiger partial charge in [0.1, 0.15) is 23.7 Å². The van der Waals surface area contributed by atoms with Crippen LogP contribution in [-0.2, 0) is 0 Å². The second-order valence-electron chi connectivity index (χ2n) is 7.39. The van der Waals surface area contributed by atoms with E-state index in [0.29, 0.717) is 11.7 Å². The summed E-state index contributed by atoms with van der Waals surface area (Å²) in [7, 11) is 0. The van der Waals surface area contributed by atoms with E-state index in [9.17, 15) is 0 Å². The number of aryl methyl sites for hydroxylation is 1. The zero-order chi connectivity index (χ0) is 19.4. The summed E-state index contributed by atoms with van der Waals surface area (Å²) in [5.74, 6) is 1.70. The largest absolute Gasteiger partial charge is 0.489 e. The van der Waals surface area contributed by atoms with E-state index in [1.54, 1.807) is 6.08 Å². The summed E-state index contributed by atoms with van der Waals surface area (Å²) in [5, 5.41) is 7.27. The number of benzene rings is 2. The van der Waals surface area contributed by atoms with Gasteiger partial charge >= 0.3 is 0 Å². The van der Waals surface area contributed by atoms with Crippen LogP contribution in [0.15, 0.2) is 55.1 Å². The molecule has 0 fully saturated rings. The van der Waals surface area contributed by atoms with Gasteiger partial charge in [0.15, 0.2) is 5.11 Å². The molecule has 0 bridgehead atoms. The maximum Gasteiger partial charge on any atom is 0.171 e. The third kappa shape index (κ3) is 5.01. The van der Waals surface area contributed by atoms with Crippen LogP contribution in [0.1, 0.15) is 37.4 Å². The predicted molar refractivity (Wildman–Crippen MR) is 115 cm³/mol. The average Bonchev–Trinajstić information content (AvgIpc) is 2.58. The van der Waals surface area contributed by atoms with Crippen LogP contribution in [0, 0.1) is 6.92 Å². The Hall–Kier alpha value is -2.53. The van der Waals surface area contributed by atoms with E-state index in [-0.39, 0.29) is 11.6 Å². The van der Waals surface area contributed by atoms with Gasteiger partial charge in [0.25, 0.3) is 0 Å². The monoisotopic (exact) mass is 382 g/mol. The second kappa shape index (κ2) is 8.01. The average molecular weight is 383 g/mol. The van der Waals surface area contributed by atoms with Crippen LogP contribution in [0.2, 0.25) is 0 Å². The van der Waals surface area contributed by atoms with Crippen molar-refractivity contribution in [1.82, 2.24) is 5.32 Å². The molecule has 0 saturated carbocycles. The zero-order valence-corrected chi connectivity index (χ0v) is 16.9. The van der Waals surface area contributed by atoms with Gasteiger partial charge in [-0.15, -0.1) is 0 Å². The van der Waals surface area contributed by atoms with Crippen molar-refractivity contribution < 1.29 is 9.47 Å². The molecule has 0 spiro atoms. The molecule has 27 heavy (non-hydrogen) atoms. The first-order chi connectivity index (χ1) is 12.9. The van der Waals surface area contributed by atoms with Gasteiger partial charge in [-0.3, -0.25) is 0 Å². The molecule has 1 aliphatic rings. The molecule has 0 aliphatic carbocycles. The first kappa shape index (κ1) is 19.2. The van der Waals surface area contributed by atoms with Gasteiger partial charge in [-0.2, -0.15) is 0 Å². The summed E-state index contributed by atoms with van der Waals surface area (Å²) in [6.07, 6.45) is 2.55. The highest BCUT2D eigenvalue weighted by molar-refractivity contribution is 7.80. The lowest BCUT2D eigenvalue weighted by molar-refractivity contribution is 0.0696. The van der Waals surface area contributed by atoms with Crippen LogP contribution in [-0.4, -0.2) is 17.3 Å². The second-order valence-corrected chi connectivity index (χ2v) is 7.79. The number of thiocarbonyl (C=S) groups is 1. The van der Waals surface area contributed by atoms with Crippen molar-refractivity contribution in [3.63, 3.8) is 0 Å². The molecule has 2 N–H and O–H groups in total. The summed E-state index contributed by atoms with van der Waals surface area (Å²) < 4.78 is 11.7. The minimum absolute atomic E-state index is 0.0875. The molecule has 1 unspecified atom stereocenters. The summed E-state index contributed by atoms with van der Waals surface area (Å²) >= 11 is 5.56. The highest BCUT2D eigenvalue weighted by Gasteiger charge is 2.34. The summed E-state index contributed by atoms with van der Waals surface area (Å²) in [5.41, 5.74) is 2.94. The lowest BCUT2D eigenvalue weighted by Crippen LogP contribution is -2.42. The molecule has 142 valence electrons. The van der Waals surface area contributed by atoms with Crippen LogP contribution in [0.25, 0.3) is 0 Å².